The number of halogens is 2. The number of amides is 1. The van der Waals surface area contributed by atoms with E-state index in [1.165, 1.54) is 4.90 Å². The molecule has 0 spiro atoms. The maximum absolute atomic E-state index is 13.9. The van der Waals surface area contributed by atoms with Crippen LogP contribution in [0.15, 0.2) is 30.3 Å². The fourth-order valence-corrected chi connectivity index (χ4v) is 3.52. The third-order valence-electron chi connectivity index (χ3n) is 4.80. The van der Waals surface area contributed by atoms with Gasteiger partial charge in [-0.15, -0.1) is 0 Å². The summed E-state index contributed by atoms with van der Waals surface area (Å²) in [4.78, 5) is 13.5. The van der Waals surface area contributed by atoms with Crippen LogP contribution in [-0.2, 0) is 11.3 Å². The molecule has 3 rings (SSSR count). The highest BCUT2D eigenvalue weighted by molar-refractivity contribution is 5.68. The summed E-state index contributed by atoms with van der Waals surface area (Å²) >= 11 is 0. The second-order valence-electron chi connectivity index (χ2n) is 6.39. The number of carbonyl (C=O) groups excluding carboxylic acids is 1. The molecule has 2 fully saturated rings. The largest absolute Gasteiger partial charge is 0.445 e. The Kier molecular flexibility index (Phi) is 3.38. The van der Waals surface area contributed by atoms with Crippen molar-refractivity contribution < 1.29 is 18.3 Å². The summed E-state index contributed by atoms with van der Waals surface area (Å²) in [6.45, 7) is 2.48. The summed E-state index contributed by atoms with van der Waals surface area (Å²) in [6.07, 6.45) is -0.0981. The first-order chi connectivity index (χ1) is 9.91. The van der Waals surface area contributed by atoms with E-state index in [9.17, 15) is 13.6 Å². The van der Waals surface area contributed by atoms with Gasteiger partial charge < -0.3 is 9.64 Å². The molecule has 0 N–H and O–H groups in total. The molecule has 0 bridgehead atoms. The monoisotopic (exact) mass is 295 g/mol. The van der Waals surface area contributed by atoms with Crippen molar-refractivity contribution >= 4 is 6.09 Å². The van der Waals surface area contributed by atoms with E-state index in [1.54, 1.807) is 0 Å². The topological polar surface area (TPSA) is 29.5 Å². The van der Waals surface area contributed by atoms with Crippen LogP contribution in [-0.4, -0.2) is 30.0 Å². The van der Waals surface area contributed by atoms with Gasteiger partial charge in [0.2, 0.25) is 0 Å². The highest BCUT2D eigenvalue weighted by atomic mass is 19.3. The predicted octanol–water partition coefficient (Wildman–Crippen LogP) is 3.69. The fraction of sp³-hybridized carbons (Fsp3) is 0.562. The van der Waals surface area contributed by atoms with Gasteiger partial charge in [0, 0.05) is 25.4 Å². The van der Waals surface area contributed by atoms with Crippen LogP contribution in [0.1, 0.15) is 25.3 Å². The number of rotatable bonds is 2. The second-order valence-corrected chi connectivity index (χ2v) is 6.39. The molecule has 0 aromatic heterocycles. The van der Waals surface area contributed by atoms with Crippen LogP contribution in [0.3, 0.4) is 0 Å². The molecule has 1 saturated heterocycles. The number of nitrogens with zero attached hydrogens (tertiary/aromatic N) is 1. The maximum atomic E-state index is 13.9. The van der Waals surface area contributed by atoms with Crippen molar-refractivity contribution in [1.82, 2.24) is 4.90 Å². The van der Waals surface area contributed by atoms with Crippen LogP contribution in [0, 0.1) is 11.3 Å². The number of alkyl halides is 2. The zero-order chi connectivity index (χ0) is 15.1. The summed E-state index contributed by atoms with van der Waals surface area (Å²) in [5.74, 6) is -3.40. The average molecular weight is 295 g/mol. The van der Waals surface area contributed by atoms with E-state index in [0.29, 0.717) is 13.0 Å². The van der Waals surface area contributed by atoms with E-state index in [1.807, 2.05) is 37.3 Å². The molecule has 1 heterocycles. The Morgan fingerprint density at radius 2 is 2.05 bits per heavy atom. The number of benzene rings is 1. The third kappa shape index (κ3) is 2.61. The Morgan fingerprint density at radius 3 is 2.71 bits per heavy atom. The van der Waals surface area contributed by atoms with Gasteiger partial charge in [0.05, 0.1) is 0 Å². The van der Waals surface area contributed by atoms with E-state index in [0.717, 1.165) is 5.56 Å². The molecule has 1 aromatic carbocycles. The minimum absolute atomic E-state index is 0.0684. The van der Waals surface area contributed by atoms with Crippen molar-refractivity contribution in [3.05, 3.63) is 35.9 Å². The zero-order valence-corrected chi connectivity index (χ0v) is 12.0. The highest BCUT2D eigenvalue weighted by Gasteiger charge is 2.61. The summed E-state index contributed by atoms with van der Waals surface area (Å²) in [5, 5.41) is 0. The van der Waals surface area contributed by atoms with Crippen molar-refractivity contribution in [1.29, 1.82) is 0 Å². The molecule has 1 saturated carbocycles. The summed E-state index contributed by atoms with van der Waals surface area (Å²) in [7, 11) is 0. The predicted molar refractivity (Wildman–Crippen MR) is 74.0 cm³/mol. The lowest BCUT2D eigenvalue weighted by Crippen LogP contribution is -2.33. The first kappa shape index (κ1) is 14.3. The highest BCUT2D eigenvalue weighted by Crippen LogP contribution is 2.55. The molecule has 1 aromatic rings. The van der Waals surface area contributed by atoms with Crippen molar-refractivity contribution in [3.63, 3.8) is 0 Å². The van der Waals surface area contributed by atoms with Gasteiger partial charge in [0.15, 0.2) is 0 Å². The molecule has 2 atom stereocenters. The van der Waals surface area contributed by atoms with Crippen molar-refractivity contribution in [2.45, 2.75) is 32.3 Å². The van der Waals surface area contributed by atoms with E-state index < -0.39 is 23.3 Å². The number of ether oxygens (including phenoxy) is 1. The Bertz CT molecular complexity index is 534. The lowest BCUT2D eigenvalue weighted by Gasteiger charge is -2.23. The van der Waals surface area contributed by atoms with Gasteiger partial charge in [0.25, 0.3) is 5.92 Å². The number of hydrogen-bond acceptors (Lipinski definition) is 2. The lowest BCUT2D eigenvalue weighted by molar-refractivity contribution is -0.0478. The number of hydrogen-bond donors (Lipinski definition) is 0. The molecule has 1 aliphatic heterocycles. The summed E-state index contributed by atoms with van der Waals surface area (Å²) in [6, 6.07) is 9.34. The van der Waals surface area contributed by atoms with Crippen LogP contribution in [0.25, 0.3) is 0 Å². The molecular formula is C16H19F2NO2. The molecule has 2 aliphatic rings. The van der Waals surface area contributed by atoms with Gasteiger partial charge >= 0.3 is 6.09 Å². The number of fused-ring (bicyclic) bond motifs is 1. The standard InChI is InChI=1S/C16H19F2NO2/c1-15-7-8-16(17,18)13(15)9-19(11-15)14(20)21-10-12-5-3-2-4-6-12/h2-6,13H,7-11H2,1H3/t13-,15+/m1/s1. The maximum Gasteiger partial charge on any atom is 0.410 e. The van der Waals surface area contributed by atoms with E-state index in [2.05, 4.69) is 0 Å². The van der Waals surface area contributed by atoms with Crippen molar-refractivity contribution in [3.8, 4) is 0 Å². The van der Waals surface area contributed by atoms with Gasteiger partial charge in [-0.2, -0.15) is 0 Å². The first-order valence-electron chi connectivity index (χ1n) is 7.24. The summed E-state index contributed by atoms with van der Waals surface area (Å²) < 4.78 is 32.9. The molecule has 1 amide bonds. The van der Waals surface area contributed by atoms with Crippen molar-refractivity contribution in [2.24, 2.45) is 11.3 Å². The third-order valence-corrected chi connectivity index (χ3v) is 4.80. The van der Waals surface area contributed by atoms with Gasteiger partial charge in [-0.05, 0) is 17.4 Å². The molecule has 3 nitrogen and oxygen atoms in total. The van der Waals surface area contributed by atoms with Crippen LogP contribution >= 0.6 is 0 Å². The Morgan fingerprint density at radius 1 is 1.33 bits per heavy atom. The molecular weight excluding hydrogens is 276 g/mol. The zero-order valence-electron chi connectivity index (χ0n) is 12.0. The van der Waals surface area contributed by atoms with E-state index >= 15 is 0 Å². The average Bonchev–Trinajstić information content (AvgIpc) is 2.93. The van der Waals surface area contributed by atoms with E-state index in [-0.39, 0.29) is 19.6 Å². The number of carbonyl (C=O) groups is 1. The van der Waals surface area contributed by atoms with Crippen LogP contribution in [0.5, 0.6) is 0 Å². The minimum Gasteiger partial charge on any atom is -0.445 e. The Labute approximate surface area is 122 Å². The second kappa shape index (κ2) is 4.97. The molecule has 114 valence electrons. The Balaban J connectivity index is 1.60. The fourth-order valence-electron chi connectivity index (χ4n) is 3.52. The van der Waals surface area contributed by atoms with Crippen molar-refractivity contribution in [2.75, 3.05) is 13.1 Å². The van der Waals surface area contributed by atoms with Gasteiger partial charge in [0.1, 0.15) is 6.61 Å². The first-order valence-corrected chi connectivity index (χ1v) is 7.24. The normalized spacial score (nSPS) is 30.2. The lowest BCUT2D eigenvalue weighted by atomic mass is 9.82. The SMILES string of the molecule is C[C@@]12CCC(F)(F)[C@@H]1CN(C(=O)OCc1ccccc1)C2. The van der Waals surface area contributed by atoms with Gasteiger partial charge in [-0.25, -0.2) is 13.6 Å². The smallest absolute Gasteiger partial charge is 0.410 e. The molecule has 5 heteroatoms. The van der Waals surface area contributed by atoms with Crippen LogP contribution < -0.4 is 0 Å². The Hall–Kier alpha value is -1.65. The molecule has 21 heavy (non-hydrogen) atoms. The van der Waals surface area contributed by atoms with Crippen LogP contribution in [0.4, 0.5) is 13.6 Å². The molecule has 1 aliphatic carbocycles. The van der Waals surface area contributed by atoms with Gasteiger partial charge in [-0.3, -0.25) is 0 Å². The minimum atomic E-state index is -2.66. The van der Waals surface area contributed by atoms with E-state index in [4.69, 9.17) is 4.74 Å². The van der Waals surface area contributed by atoms with Crippen LogP contribution in [0.2, 0.25) is 0 Å². The molecule has 0 radical (unpaired) electrons. The van der Waals surface area contributed by atoms with Gasteiger partial charge in [-0.1, -0.05) is 37.3 Å². The summed E-state index contributed by atoms with van der Waals surface area (Å²) in [5.41, 5.74) is 0.414. The number of likely N-dealkylation sites (tertiary alicyclic amines) is 1. The quantitative estimate of drug-likeness (QED) is 0.832. The molecule has 0 unspecified atom stereocenters.